The molecule has 0 aliphatic heterocycles. The zero-order valence-corrected chi connectivity index (χ0v) is 10.3. The van der Waals surface area contributed by atoms with Crippen molar-refractivity contribution in [3.63, 3.8) is 0 Å². The van der Waals surface area contributed by atoms with Crippen LogP contribution < -0.4 is 11.2 Å². The van der Waals surface area contributed by atoms with E-state index < -0.39 is 21.9 Å². The van der Waals surface area contributed by atoms with Crippen molar-refractivity contribution in [2.24, 2.45) is 0 Å². The molecule has 8 heteroatoms. The van der Waals surface area contributed by atoms with Crippen molar-refractivity contribution < 1.29 is 9.66 Å². The van der Waals surface area contributed by atoms with Crippen molar-refractivity contribution in [2.75, 3.05) is 0 Å². The van der Waals surface area contributed by atoms with Crippen LogP contribution >= 0.6 is 0 Å². The van der Waals surface area contributed by atoms with E-state index in [0.717, 1.165) is 16.3 Å². The van der Waals surface area contributed by atoms with Crippen LogP contribution in [0.2, 0.25) is 0 Å². The summed E-state index contributed by atoms with van der Waals surface area (Å²) in [5, 5.41) is 10.6. The summed E-state index contributed by atoms with van der Waals surface area (Å²) in [6, 6.07) is 9.24. The predicted octanol–water partition coefficient (Wildman–Crippen LogP) is 0.619. The highest BCUT2D eigenvalue weighted by Crippen LogP contribution is 2.02. The normalized spacial score (nSPS) is 10.4. The maximum absolute atomic E-state index is 11.5. The van der Waals surface area contributed by atoms with E-state index in [0.29, 0.717) is 0 Å². The van der Waals surface area contributed by atoms with E-state index in [4.69, 9.17) is 4.74 Å². The van der Waals surface area contributed by atoms with Crippen LogP contribution in [-0.4, -0.2) is 14.5 Å². The van der Waals surface area contributed by atoms with Gasteiger partial charge >= 0.3 is 16.9 Å². The molecule has 0 saturated carbocycles. The monoisotopic (exact) mass is 277 g/mol. The molecule has 1 aromatic heterocycles. The van der Waals surface area contributed by atoms with E-state index in [1.807, 2.05) is 35.3 Å². The molecular formula is C12H11N3O5. The second-order valence-corrected chi connectivity index (χ2v) is 3.96. The van der Waals surface area contributed by atoms with Gasteiger partial charge in [0.2, 0.25) is 0 Å². The number of rotatable bonds is 5. The molecule has 1 aromatic carbocycles. The average Bonchev–Trinajstić information content (AvgIpc) is 2.42. The highest BCUT2D eigenvalue weighted by molar-refractivity contribution is 5.20. The number of nitrogens with one attached hydrogen (secondary N) is 1. The summed E-state index contributed by atoms with van der Waals surface area (Å²) < 4.78 is 6.21. The molecule has 1 N–H and O–H groups in total. The number of hydrogen-bond donors (Lipinski definition) is 1. The third-order valence-corrected chi connectivity index (χ3v) is 2.53. The van der Waals surface area contributed by atoms with Crippen molar-refractivity contribution in [3.8, 4) is 0 Å². The first kappa shape index (κ1) is 13.7. The van der Waals surface area contributed by atoms with Crippen LogP contribution in [0.3, 0.4) is 0 Å². The lowest BCUT2D eigenvalue weighted by molar-refractivity contribution is -0.386. The number of benzene rings is 1. The minimum absolute atomic E-state index is 0.189. The third-order valence-electron chi connectivity index (χ3n) is 2.53. The molecule has 0 aliphatic carbocycles. The Bertz CT molecular complexity index is 720. The van der Waals surface area contributed by atoms with Gasteiger partial charge in [0, 0.05) is 0 Å². The molecule has 0 fully saturated rings. The number of hydrogen-bond acceptors (Lipinski definition) is 5. The Kier molecular flexibility index (Phi) is 4.06. The first-order chi connectivity index (χ1) is 9.58. The van der Waals surface area contributed by atoms with Crippen LogP contribution in [0.4, 0.5) is 5.69 Å². The fourth-order valence-corrected chi connectivity index (χ4v) is 1.56. The Hall–Kier alpha value is -2.74. The molecule has 1 heterocycles. The molecule has 0 atom stereocenters. The van der Waals surface area contributed by atoms with Gasteiger partial charge in [-0.1, -0.05) is 30.3 Å². The van der Waals surface area contributed by atoms with Crippen molar-refractivity contribution in [1.82, 2.24) is 9.55 Å². The standard InChI is InChI=1S/C12H11N3O5/c16-11-10(15(18)19)6-14(12(17)13-11)8-20-7-9-4-2-1-3-5-9/h1-6H,7-8H2,(H,13,16,17). The fraction of sp³-hybridized carbons (Fsp3) is 0.167. The van der Waals surface area contributed by atoms with Crippen molar-refractivity contribution in [3.05, 3.63) is 73.0 Å². The fourth-order valence-electron chi connectivity index (χ4n) is 1.56. The molecule has 0 spiro atoms. The van der Waals surface area contributed by atoms with E-state index in [1.165, 1.54) is 0 Å². The summed E-state index contributed by atoms with van der Waals surface area (Å²) >= 11 is 0. The van der Waals surface area contributed by atoms with Gasteiger partial charge in [0.05, 0.1) is 17.7 Å². The van der Waals surface area contributed by atoms with Gasteiger partial charge in [-0.15, -0.1) is 0 Å². The lowest BCUT2D eigenvalue weighted by atomic mass is 10.2. The number of aromatic nitrogens is 2. The number of aromatic amines is 1. The Morgan fingerprint density at radius 1 is 1.25 bits per heavy atom. The van der Waals surface area contributed by atoms with Gasteiger partial charge in [-0.3, -0.25) is 24.5 Å². The van der Waals surface area contributed by atoms with Gasteiger partial charge in [-0.05, 0) is 5.56 Å². The Morgan fingerprint density at radius 3 is 2.60 bits per heavy atom. The third kappa shape index (κ3) is 3.18. The first-order valence-electron chi connectivity index (χ1n) is 5.68. The first-order valence-corrected chi connectivity index (χ1v) is 5.68. The molecular weight excluding hydrogens is 266 g/mol. The largest absolute Gasteiger partial charge is 0.356 e. The Labute approximate surface area is 112 Å². The zero-order valence-electron chi connectivity index (χ0n) is 10.3. The van der Waals surface area contributed by atoms with Gasteiger partial charge in [0.1, 0.15) is 6.73 Å². The van der Waals surface area contributed by atoms with E-state index in [-0.39, 0.29) is 13.3 Å². The van der Waals surface area contributed by atoms with Crippen molar-refractivity contribution in [2.45, 2.75) is 13.3 Å². The molecule has 8 nitrogen and oxygen atoms in total. The van der Waals surface area contributed by atoms with Crippen LogP contribution in [0.5, 0.6) is 0 Å². The number of nitro groups is 1. The minimum Gasteiger partial charge on any atom is -0.356 e. The predicted molar refractivity (Wildman–Crippen MR) is 69.2 cm³/mol. The SMILES string of the molecule is O=c1[nH]c(=O)n(COCc2ccccc2)cc1[N+](=O)[O-]. The summed E-state index contributed by atoms with van der Waals surface area (Å²) in [5.74, 6) is 0. The van der Waals surface area contributed by atoms with E-state index in [1.54, 1.807) is 0 Å². The highest BCUT2D eigenvalue weighted by atomic mass is 16.6. The zero-order chi connectivity index (χ0) is 14.5. The Morgan fingerprint density at radius 2 is 1.95 bits per heavy atom. The van der Waals surface area contributed by atoms with Gasteiger partial charge in [-0.2, -0.15) is 0 Å². The van der Waals surface area contributed by atoms with Gasteiger partial charge in [0.15, 0.2) is 0 Å². The van der Waals surface area contributed by atoms with Crippen LogP contribution in [0, 0.1) is 10.1 Å². The van der Waals surface area contributed by atoms with Crippen LogP contribution in [-0.2, 0) is 18.1 Å². The number of ether oxygens (including phenoxy) is 1. The minimum atomic E-state index is -1.03. The van der Waals surface area contributed by atoms with Gasteiger partial charge in [-0.25, -0.2) is 4.79 Å². The van der Waals surface area contributed by atoms with Crippen LogP contribution in [0.1, 0.15) is 5.56 Å². The molecule has 0 amide bonds. The lowest BCUT2D eigenvalue weighted by Crippen LogP contribution is -2.31. The summed E-state index contributed by atoms with van der Waals surface area (Å²) in [6.07, 6.45) is 0.867. The molecule has 0 unspecified atom stereocenters. The summed E-state index contributed by atoms with van der Waals surface area (Å²) in [6.45, 7) is 0.0611. The highest BCUT2D eigenvalue weighted by Gasteiger charge is 2.14. The van der Waals surface area contributed by atoms with E-state index in [9.17, 15) is 19.7 Å². The quantitative estimate of drug-likeness (QED) is 0.636. The average molecular weight is 277 g/mol. The molecule has 20 heavy (non-hydrogen) atoms. The molecule has 0 radical (unpaired) electrons. The lowest BCUT2D eigenvalue weighted by Gasteiger charge is -2.06. The summed E-state index contributed by atoms with van der Waals surface area (Å²) in [4.78, 5) is 34.3. The topological polar surface area (TPSA) is 107 Å². The molecule has 2 aromatic rings. The smallest absolute Gasteiger partial charge is 0.350 e. The molecule has 0 saturated heterocycles. The number of H-pyrrole nitrogens is 1. The maximum Gasteiger partial charge on any atom is 0.350 e. The maximum atomic E-state index is 11.5. The molecule has 2 rings (SSSR count). The van der Waals surface area contributed by atoms with Gasteiger partial charge < -0.3 is 4.74 Å². The second-order valence-electron chi connectivity index (χ2n) is 3.96. The van der Waals surface area contributed by atoms with Crippen LogP contribution in [0.15, 0.2) is 46.1 Å². The summed E-state index contributed by atoms with van der Waals surface area (Å²) in [7, 11) is 0. The van der Waals surface area contributed by atoms with Crippen LogP contribution in [0.25, 0.3) is 0 Å². The second kappa shape index (κ2) is 5.93. The number of nitrogens with zero attached hydrogens (tertiary/aromatic N) is 2. The summed E-state index contributed by atoms with van der Waals surface area (Å²) in [5.41, 5.74) is -1.58. The van der Waals surface area contributed by atoms with E-state index in [2.05, 4.69) is 0 Å². The van der Waals surface area contributed by atoms with E-state index >= 15 is 0 Å². The Balaban J connectivity index is 2.10. The van der Waals surface area contributed by atoms with Gasteiger partial charge in [0.25, 0.3) is 0 Å². The van der Waals surface area contributed by atoms with Crippen molar-refractivity contribution in [1.29, 1.82) is 0 Å². The molecule has 0 aliphatic rings. The van der Waals surface area contributed by atoms with Crippen molar-refractivity contribution >= 4 is 5.69 Å². The molecule has 0 bridgehead atoms. The molecule has 104 valence electrons.